The van der Waals surface area contributed by atoms with Crippen LogP contribution in [0.2, 0.25) is 18.6 Å². The van der Waals surface area contributed by atoms with Gasteiger partial charge in [-0.2, -0.15) is 0 Å². The van der Waals surface area contributed by atoms with Crippen LogP contribution in [0.1, 0.15) is 39.0 Å². The van der Waals surface area contributed by atoms with Crippen molar-refractivity contribution in [2.24, 2.45) is 0 Å². The molecular formula is C11H22OSi. The standard InChI is InChI=1S/C11H22OSi/c1-10(2)12-13(3,4)11-8-6-5-7-9-11/h11H,1,5-9H2,2-4H3. The molecule has 0 aromatic rings. The van der Waals surface area contributed by atoms with Crippen LogP contribution in [0.5, 0.6) is 0 Å². The molecule has 0 radical (unpaired) electrons. The van der Waals surface area contributed by atoms with E-state index in [0.717, 1.165) is 11.3 Å². The van der Waals surface area contributed by atoms with E-state index in [4.69, 9.17) is 4.43 Å². The highest BCUT2D eigenvalue weighted by molar-refractivity contribution is 6.72. The summed E-state index contributed by atoms with van der Waals surface area (Å²) in [4.78, 5) is 0. The van der Waals surface area contributed by atoms with Gasteiger partial charge < -0.3 is 4.43 Å². The molecule has 0 atom stereocenters. The van der Waals surface area contributed by atoms with Crippen LogP contribution in [0.15, 0.2) is 12.3 Å². The first-order valence-corrected chi connectivity index (χ1v) is 8.35. The fourth-order valence-electron chi connectivity index (χ4n) is 2.33. The third-order valence-corrected chi connectivity index (χ3v) is 6.44. The average molecular weight is 198 g/mol. The van der Waals surface area contributed by atoms with E-state index >= 15 is 0 Å². The Morgan fingerprint density at radius 1 is 1.23 bits per heavy atom. The lowest BCUT2D eigenvalue weighted by atomic mass is 10.0. The molecule has 76 valence electrons. The summed E-state index contributed by atoms with van der Waals surface area (Å²) in [5.41, 5.74) is 0.859. The summed E-state index contributed by atoms with van der Waals surface area (Å²) >= 11 is 0. The van der Waals surface area contributed by atoms with Gasteiger partial charge in [0.2, 0.25) is 8.32 Å². The van der Waals surface area contributed by atoms with Crippen LogP contribution < -0.4 is 0 Å². The predicted molar refractivity (Wildman–Crippen MR) is 60.2 cm³/mol. The second-order valence-corrected chi connectivity index (χ2v) is 8.97. The molecule has 0 saturated heterocycles. The maximum Gasteiger partial charge on any atom is 0.247 e. The average Bonchev–Trinajstić information content (AvgIpc) is 2.04. The smallest absolute Gasteiger partial charge is 0.247 e. The van der Waals surface area contributed by atoms with Gasteiger partial charge >= 0.3 is 0 Å². The number of rotatable bonds is 3. The molecule has 0 aliphatic heterocycles. The lowest BCUT2D eigenvalue weighted by Crippen LogP contribution is -2.36. The molecule has 2 heteroatoms. The van der Waals surface area contributed by atoms with Gasteiger partial charge in [-0.1, -0.05) is 25.8 Å². The summed E-state index contributed by atoms with van der Waals surface area (Å²) in [7, 11) is -1.47. The van der Waals surface area contributed by atoms with Crippen molar-refractivity contribution in [1.29, 1.82) is 0 Å². The SMILES string of the molecule is C=C(C)O[Si](C)(C)C1CCCCC1. The predicted octanol–water partition coefficient (Wildman–Crippen LogP) is 4.08. The summed E-state index contributed by atoms with van der Waals surface area (Å²) in [6, 6.07) is 0. The molecule has 0 bridgehead atoms. The first-order valence-electron chi connectivity index (χ1n) is 5.37. The Morgan fingerprint density at radius 2 is 1.77 bits per heavy atom. The Kier molecular flexibility index (Phi) is 3.60. The van der Waals surface area contributed by atoms with Crippen molar-refractivity contribution in [3.63, 3.8) is 0 Å². The van der Waals surface area contributed by atoms with Crippen LogP contribution in [-0.4, -0.2) is 8.32 Å². The van der Waals surface area contributed by atoms with Crippen LogP contribution in [0, 0.1) is 0 Å². The number of hydrogen-bond acceptors (Lipinski definition) is 1. The highest BCUT2D eigenvalue weighted by atomic mass is 28.4. The van der Waals surface area contributed by atoms with Crippen molar-refractivity contribution in [3.8, 4) is 0 Å². The molecule has 0 amide bonds. The fourth-order valence-corrected chi connectivity index (χ4v) is 5.19. The number of allylic oxidation sites excluding steroid dienone is 1. The summed E-state index contributed by atoms with van der Waals surface area (Å²) < 4.78 is 5.92. The first-order chi connectivity index (χ1) is 6.02. The third kappa shape index (κ3) is 3.18. The van der Waals surface area contributed by atoms with Crippen LogP contribution in [0.4, 0.5) is 0 Å². The fraction of sp³-hybridized carbons (Fsp3) is 0.818. The second kappa shape index (κ2) is 4.31. The molecule has 0 heterocycles. The van der Waals surface area contributed by atoms with Gasteiger partial charge in [0.05, 0.1) is 5.76 Å². The van der Waals surface area contributed by atoms with Crippen LogP contribution in [-0.2, 0) is 4.43 Å². The molecule has 0 aromatic heterocycles. The van der Waals surface area contributed by atoms with Crippen LogP contribution in [0.25, 0.3) is 0 Å². The quantitative estimate of drug-likeness (QED) is 0.490. The van der Waals surface area contributed by atoms with Crippen molar-refractivity contribution in [2.45, 2.75) is 57.7 Å². The topological polar surface area (TPSA) is 9.23 Å². The van der Waals surface area contributed by atoms with Gasteiger partial charge in [0.25, 0.3) is 0 Å². The zero-order chi connectivity index (χ0) is 9.90. The minimum Gasteiger partial charge on any atom is -0.548 e. The molecule has 13 heavy (non-hydrogen) atoms. The highest BCUT2D eigenvalue weighted by Gasteiger charge is 2.35. The Labute approximate surface area is 83.3 Å². The normalized spacial score (nSPS) is 19.9. The molecule has 1 fully saturated rings. The van der Waals surface area contributed by atoms with Crippen molar-refractivity contribution < 1.29 is 4.43 Å². The lowest BCUT2D eigenvalue weighted by Gasteiger charge is -2.35. The minimum absolute atomic E-state index is 0.859. The van der Waals surface area contributed by atoms with E-state index < -0.39 is 8.32 Å². The van der Waals surface area contributed by atoms with E-state index in [9.17, 15) is 0 Å². The van der Waals surface area contributed by atoms with Gasteiger partial charge in [0, 0.05) is 0 Å². The Morgan fingerprint density at radius 3 is 2.23 bits per heavy atom. The van der Waals surface area contributed by atoms with E-state index in [1.165, 1.54) is 32.1 Å². The molecule has 1 aliphatic rings. The van der Waals surface area contributed by atoms with E-state index in [0.29, 0.717) is 0 Å². The van der Waals surface area contributed by atoms with Crippen LogP contribution >= 0.6 is 0 Å². The summed E-state index contributed by atoms with van der Waals surface area (Å²) in [5, 5.41) is 0. The Balaban J connectivity index is 2.50. The van der Waals surface area contributed by atoms with Crippen molar-refractivity contribution in [2.75, 3.05) is 0 Å². The zero-order valence-corrected chi connectivity index (χ0v) is 10.2. The van der Waals surface area contributed by atoms with E-state index in [1.807, 2.05) is 6.92 Å². The van der Waals surface area contributed by atoms with Crippen molar-refractivity contribution in [3.05, 3.63) is 12.3 Å². The summed E-state index contributed by atoms with van der Waals surface area (Å²) in [6.45, 7) is 10.5. The highest BCUT2D eigenvalue weighted by Crippen LogP contribution is 2.38. The Hall–Kier alpha value is -0.243. The maximum absolute atomic E-state index is 5.92. The first kappa shape index (κ1) is 10.8. The van der Waals surface area contributed by atoms with E-state index in [2.05, 4.69) is 19.7 Å². The molecule has 0 N–H and O–H groups in total. The molecular weight excluding hydrogens is 176 g/mol. The zero-order valence-electron chi connectivity index (χ0n) is 9.23. The van der Waals surface area contributed by atoms with Gasteiger partial charge in [-0.3, -0.25) is 0 Å². The van der Waals surface area contributed by atoms with E-state index in [-0.39, 0.29) is 0 Å². The van der Waals surface area contributed by atoms with Crippen molar-refractivity contribution in [1.82, 2.24) is 0 Å². The van der Waals surface area contributed by atoms with Gasteiger partial charge in [0.15, 0.2) is 0 Å². The van der Waals surface area contributed by atoms with Gasteiger partial charge in [-0.05, 0) is 38.4 Å². The lowest BCUT2D eigenvalue weighted by molar-refractivity contribution is 0.376. The van der Waals surface area contributed by atoms with Crippen LogP contribution in [0.3, 0.4) is 0 Å². The van der Waals surface area contributed by atoms with Gasteiger partial charge in [-0.15, -0.1) is 0 Å². The third-order valence-electron chi connectivity index (χ3n) is 3.03. The monoisotopic (exact) mass is 198 g/mol. The number of hydrogen-bond donors (Lipinski definition) is 0. The molecule has 0 spiro atoms. The molecule has 1 saturated carbocycles. The molecule has 1 aliphatic carbocycles. The largest absolute Gasteiger partial charge is 0.548 e. The molecule has 0 aromatic carbocycles. The van der Waals surface area contributed by atoms with Gasteiger partial charge in [-0.25, -0.2) is 0 Å². The van der Waals surface area contributed by atoms with Gasteiger partial charge in [0.1, 0.15) is 0 Å². The molecule has 1 rings (SSSR count). The molecule has 0 unspecified atom stereocenters. The second-order valence-electron chi connectivity index (χ2n) is 4.74. The summed E-state index contributed by atoms with van der Waals surface area (Å²) in [5.74, 6) is 0.905. The van der Waals surface area contributed by atoms with E-state index in [1.54, 1.807) is 0 Å². The maximum atomic E-state index is 5.92. The van der Waals surface area contributed by atoms with Crippen molar-refractivity contribution >= 4 is 8.32 Å². The summed E-state index contributed by atoms with van der Waals surface area (Å²) in [6.07, 6.45) is 6.99. The molecule has 1 nitrogen and oxygen atoms in total. The minimum atomic E-state index is -1.47. The Bertz CT molecular complexity index is 181.